The molecule has 0 amide bonds. The summed E-state index contributed by atoms with van der Waals surface area (Å²) in [5.74, 6) is 0.882. The van der Waals surface area contributed by atoms with E-state index in [4.69, 9.17) is 0 Å². The summed E-state index contributed by atoms with van der Waals surface area (Å²) >= 11 is 1.60. The first-order valence-electron chi connectivity index (χ1n) is 8.20. The van der Waals surface area contributed by atoms with Crippen molar-refractivity contribution in [1.29, 1.82) is 0 Å². The first kappa shape index (κ1) is 16.4. The van der Waals surface area contributed by atoms with Gasteiger partial charge in [-0.05, 0) is 12.1 Å². The SMILES string of the molecule is CN(C)c1cc(-c2cccc(-c3ccn(Cc4cscn4)n3)c2)ncn1. The maximum absolute atomic E-state index is 4.68. The van der Waals surface area contributed by atoms with Crippen molar-refractivity contribution in [2.24, 2.45) is 0 Å². The molecule has 4 rings (SSSR count). The van der Waals surface area contributed by atoms with Crippen LogP contribution in [0.15, 0.2) is 59.8 Å². The summed E-state index contributed by atoms with van der Waals surface area (Å²) in [6, 6.07) is 12.3. The molecule has 7 heteroatoms. The number of thiazole rings is 1. The van der Waals surface area contributed by atoms with E-state index in [9.17, 15) is 0 Å². The summed E-state index contributed by atoms with van der Waals surface area (Å²) in [7, 11) is 3.94. The van der Waals surface area contributed by atoms with Crippen molar-refractivity contribution in [1.82, 2.24) is 24.7 Å². The number of hydrogen-bond acceptors (Lipinski definition) is 6. The Labute approximate surface area is 155 Å². The monoisotopic (exact) mass is 362 g/mol. The Kier molecular flexibility index (Phi) is 4.45. The van der Waals surface area contributed by atoms with Gasteiger partial charge in [0.15, 0.2) is 0 Å². The molecule has 0 atom stereocenters. The van der Waals surface area contributed by atoms with Gasteiger partial charge in [0.2, 0.25) is 0 Å². The van der Waals surface area contributed by atoms with Crippen LogP contribution in [-0.2, 0) is 6.54 Å². The van der Waals surface area contributed by atoms with Crippen LogP contribution in [-0.4, -0.2) is 38.8 Å². The Bertz CT molecular complexity index is 1010. The maximum atomic E-state index is 4.68. The summed E-state index contributed by atoms with van der Waals surface area (Å²) in [5, 5.41) is 6.72. The van der Waals surface area contributed by atoms with Crippen LogP contribution in [0.5, 0.6) is 0 Å². The highest BCUT2D eigenvalue weighted by Crippen LogP contribution is 2.25. The van der Waals surface area contributed by atoms with Gasteiger partial charge < -0.3 is 4.90 Å². The van der Waals surface area contributed by atoms with Gasteiger partial charge in [-0.15, -0.1) is 11.3 Å². The standard InChI is InChI=1S/C19H18N6S/c1-24(2)19-9-18(20-12-21-19)15-5-3-4-14(8-15)17-6-7-25(23-17)10-16-11-26-13-22-16/h3-9,11-13H,10H2,1-2H3. The molecule has 0 unspecified atom stereocenters. The van der Waals surface area contributed by atoms with E-state index in [0.29, 0.717) is 6.54 Å². The molecule has 4 aromatic rings. The Morgan fingerprint density at radius 2 is 1.85 bits per heavy atom. The Hall–Kier alpha value is -3.06. The lowest BCUT2D eigenvalue weighted by Crippen LogP contribution is -2.10. The van der Waals surface area contributed by atoms with Gasteiger partial charge in [-0.25, -0.2) is 15.0 Å². The summed E-state index contributed by atoms with van der Waals surface area (Å²) in [5.41, 5.74) is 6.80. The Balaban J connectivity index is 1.62. The fourth-order valence-corrected chi connectivity index (χ4v) is 3.22. The lowest BCUT2D eigenvalue weighted by Gasteiger charge is -2.11. The molecule has 0 aliphatic carbocycles. The molecule has 3 aromatic heterocycles. The molecule has 0 saturated carbocycles. The van der Waals surface area contributed by atoms with Crippen molar-refractivity contribution in [3.8, 4) is 22.5 Å². The molecule has 0 aliphatic rings. The molecule has 6 nitrogen and oxygen atoms in total. The van der Waals surface area contributed by atoms with Crippen LogP contribution in [0, 0.1) is 0 Å². The van der Waals surface area contributed by atoms with Gasteiger partial charge >= 0.3 is 0 Å². The molecule has 26 heavy (non-hydrogen) atoms. The van der Waals surface area contributed by atoms with E-state index < -0.39 is 0 Å². The molecular weight excluding hydrogens is 344 g/mol. The van der Waals surface area contributed by atoms with E-state index in [1.165, 1.54) is 0 Å². The number of aromatic nitrogens is 5. The van der Waals surface area contributed by atoms with Crippen molar-refractivity contribution in [2.75, 3.05) is 19.0 Å². The fourth-order valence-electron chi connectivity index (χ4n) is 2.67. The van der Waals surface area contributed by atoms with Crippen LogP contribution in [0.3, 0.4) is 0 Å². The first-order valence-corrected chi connectivity index (χ1v) is 9.14. The van der Waals surface area contributed by atoms with Crippen molar-refractivity contribution in [3.05, 3.63) is 65.5 Å². The van der Waals surface area contributed by atoms with Crippen LogP contribution in [0.4, 0.5) is 5.82 Å². The average Bonchev–Trinajstić information content (AvgIpc) is 3.34. The third-order valence-electron chi connectivity index (χ3n) is 4.01. The zero-order chi connectivity index (χ0) is 17.9. The number of nitrogens with zero attached hydrogens (tertiary/aromatic N) is 6. The summed E-state index contributed by atoms with van der Waals surface area (Å²) in [6.45, 7) is 0.682. The van der Waals surface area contributed by atoms with Crippen molar-refractivity contribution >= 4 is 17.2 Å². The molecule has 0 fully saturated rings. The molecule has 3 heterocycles. The van der Waals surface area contributed by atoms with Crippen LogP contribution >= 0.6 is 11.3 Å². The molecule has 0 saturated heterocycles. The minimum atomic E-state index is 0.682. The predicted octanol–water partition coefficient (Wildman–Crippen LogP) is 3.58. The first-order chi connectivity index (χ1) is 12.7. The van der Waals surface area contributed by atoms with Crippen LogP contribution in [0.1, 0.15) is 5.69 Å². The third kappa shape index (κ3) is 3.48. The van der Waals surface area contributed by atoms with Gasteiger partial charge in [0.25, 0.3) is 0 Å². The minimum absolute atomic E-state index is 0.682. The Morgan fingerprint density at radius 1 is 1.00 bits per heavy atom. The maximum Gasteiger partial charge on any atom is 0.132 e. The van der Waals surface area contributed by atoms with Crippen molar-refractivity contribution in [2.45, 2.75) is 6.54 Å². The third-order valence-corrected chi connectivity index (χ3v) is 4.65. The van der Waals surface area contributed by atoms with E-state index in [-0.39, 0.29) is 0 Å². The largest absolute Gasteiger partial charge is 0.363 e. The van der Waals surface area contributed by atoms with E-state index in [0.717, 1.165) is 34.0 Å². The minimum Gasteiger partial charge on any atom is -0.363 e. The van der Waals surface area contributed by atoms with Gasteiger partial charge in [-0.3, -0.25) is 4.68 Å². The van der Waals surface area contributed by atoms with Crippen molar-refractivity contribution < 1.29 is 0 Å². The second kappa shape index (κ2) is 7.05. The molecule has 130 valence electrons. The number of hydrogen-bond donors (Lipinski definition) is 0. The summed E-state index contributed by atoms with van der Waals surface area (Å²) in [6.07, 6.45) is 3.58. The summed E-state index contributed by atoms with van der Waals surface area (Å²) < 4.78 is 1.91. The van der Waals surface area contributed by atoms with Gasteiger partial charge in [0, 0.05) is 42.9 Å². The summed E-state index contributed by atoms with van der Waals surface area (Å²) in [4.78, 5) is 15.0. The number of rotatable bonds is 5. The zero-order valence-electron chi connectivity index (χ0n) is 14.6. The second-order valence-electron chi connectivity index (χ2n) is 6.12. The average molecular weight is 362 g/mol. The topological polar surface area (TPSA) is 59.7 Å². The van der Waals surface area contributed by atoms with Gasteiger partial charge in [0.05, 0.1) is 29.1 Å². The highest BCUT2D eigenvalue weighted by molar-refractivity contribution is 7.07. The number of anilines is 1. The lowest BCUT2D eigenvalue weighted by atomic mass is 10.1. The quantitative estimate of drug-likeness (QED) is 0.543. The van der Waals surface area contributed by atoms with Crippen molar-refractivity contribution in [3.63, 3.8) is 0 Å². The van der Waals surface area contributed by atoms with Crippen LogP contribution in [0.2, 0.25) is 0 Å². The molecule has 0 bridgehead atoms. The van der Waals surface area contributed by atoms with Gasteiger partial charge in [-0.1, -0.05) is 18.2 Å². The highest BCUT2D eigenvalue weighted by atomic mass is 32.1. The second-order valence-corrected chi connectivity index (χ2v) is 6.83. The Morgan fingerprint density at radius 3 is 2.62 bits per heavy atom. The van der Waals surface area contributed by atoms with Crippen LogP contribution in [0.25, 0.3) is 22.5 Å². The predicted molar refractivity (Wildman–Crippen MR) is 104 cm³/mol. The van der Waals surface area contributed by atoms with E-state index >= 15 is 0 Å². The van der Waals surface area contributed by atoms with E-state index in [1.807, 2.05) is 59.0 Å². The van der Waals surface area contributed by atoms with E-state index in [2.05, 4.69) is 38.2 Å². The lowest BCUT2D eigenvalue weighted by molar-refractivity contribution is 0.678. The van der Waals surface area contributed by atoms with Crippen LogP contribution < -0.4 is 4.90 Å². The smallest absolute Gasteiger partial charge is 0.132 e. The van der Waals surface area contributed by atoms with Gasteiger partial charge in [0.1, 0.15) is 12.1 Å². The molecule has 0 aliphatic heterocycles. The molecular formula is C19H18N6S. The van der Waals surface area contributed by atoms with E-state index in [1.54, 1.807) is 17.7 Å². The molecule has 0 radical (unpaired) electrons. The molecule has 0 spiro atoms. The number of benzene rings is 1. The fraction of sp³-hybridized carbons (Fsp3) is 0.158. The molecule has 0 N–H and O–H groups in total. The normalized spacial score (nSPS) is 10.8. The zero-order valence-corrected chi connectivity index (χ0v) is 15.4. The molecule has 1 aromatic carbocycles. The van der Waals surface area contributed by atoms with Gasteiger partial charge in [-0.2, -0.15) is 5.10 Å². The highest BCUT2D eigenvalue weighted by Gasteiger charge is 2.08.